The number of nitrogens with one attached hydrogen (secondary N) is 1. The number of anilines is 2. The molecule has 0 aliphatic rings. The summed E-state index contributed by atoms with van der Waals surface area (Å²) in [6, 6.07) is 10.1. The highest BCUT2D eigenvalue weighted by Gasteiger charge is 2.02. The van der Waals surface area contributed by atoms with E-state index in [-0.39, 0.29) is 0 Å². The maximum atomic E-state index is 4.38. The summed E-state index contributed by atoms with van der Waals surface area (Å²) in [6.07, 6.45) is 4.85. The second-order valence-corrected chi connectivity index (χ2v) is 4.53. The Kier molecular flexibility index (Phi) is 7.87. The average molecular weight is 286 g/mol. The molecule has 1 heterocycles. The lowest BCUT2D eigenvalue weighted by atomic mass is 10.3. The lowest BCUT2D eigenvalue weighted by molar-refractivity contribution is 0.815. The van der Waals surface area contributed by atoms with Gasteiger partial charge in [-0.05, 0) is 18.6 Å². The molecule has 0 aliphatic heterocycles. The minimum Gasteiger partial charge on any atom is -0.381 e. The lowest BCUT2D eigenvalue weighted by Crippen LogP contribution is -2.20. The van der Waals surface area contributed by atoms with Gasteiger partial charge in [0.1, 0.15) is 0 Å². The zero-order valence-corrected chi connectivity index (χ0v) is 13.5. The van der Waals surface area contributed by atoms with Gasteiger partial charge in [0.05, 0.1) is 0 Å². The van der Waals surface area contributed by atoms with Crippen molar-refractivity contribution in [2.45, 2.75) is 33.7 Å². The molecule has 0 unspecified atom stereocenters. The molecule has 0 spiro atoms. The Bertz CT molecular complexity index is 482. The predicted molar refractivity (Wildman–Crippen MR) is 90.7 cm³/mol. The molecule has 114 valence electrons. The Balaban J connectivity index is 0.00000106. The molecule has 0 aliphatic carbocycles. The van der Waals surface area contributed by atoms with E-state index in [1.807, 2.05) is 63.6 Å². The van der Waals surface area contributed by atoms with E-state index in [2.05, 4.69) is 27.1 Å². The SMILES string of the molecule is CC.CCCN(C)c1ncc(CNc2ccccc2)cn1. The standard InChI is InChI=1S/C15H20N4.C2H6/c1-3-9-19(2)15-17-11-13(12-18-15)10-16-14-7-5-4-6-8-14;1-2/h4-8,11-12,16H,3,9-10H2,1-2H3;1-2H3. The van der Waals surface area contributed by atoms with Gasteiger partial charge in [-0.1, -0.05) is 39.0 Å². The second-order valence-electron chi connectivity index (χ2n) is 4.53. The third-order valence-corrected chi connectivity index (χ3v) is 2.86. The number of rotatable bonds is 6. The van der Waals surface area contributed by atoms with E-state index in [0.29, 0.717) is 0 Å². The first kappa shape index (κ1) is 17.0. The molecule has 1 aromatic carbocycles. The number of aromatic nitrogens is 2. The van der Waals surface area contributed by atoms with E-state index < -0.39 is 0 Å². The molecule has 4 nitrogen and oxygen atoms in total. The molecule has 0 atom stereocenters. The van der Waals surface area contributed by atoms with Gasteiger partial charge in [-0.15, -0.1) is 0 Å². The van der Waals surface area contributed by atoms with Gasteiger partial charge in [0.25, 0.3) is 0 Å². The van der Waals surface area contributed by atoms with Crippen LogP contribution in [0.4, 0.5) is 11.6 Å². The summed E-state index contributed by atoms with van der Waals surface area (Å²) < 4.78 is 0. The number of nitrogens with zero attached hydrogens (tertiary/aromatic N) is 3. The van der Waals surface area contributed by atoms with Crippen LogP contribution in [0.1, 0.15) is 32.8 Å². The molecule has 1 N–H and O–H groups in total. The molecule has 21 heavy (non-hydrogen) atoms. The zero-order chi connectivity index (χ0) is 15.5. The van der Waals surface area contributed by atoms with Gasteiger partial charge in [-0.25, -0.2) is 9.97 Å². The average Bonchev–Trinajstić information content (AvgIpc) is 2.56. The van der Waals surface area contributed by atoms with Gasteiger partial charge in [0, 0.05) is 43.8 Å². The van der Waals surface area contributed by atoms with Crippen molar-refractivity contribution < 1.29 is 0 Å². The fourth-order valence-electron chi connectivity index (χ4n) is 1.83. The summed E-state index contributed by atoms with van der Waals surface area (Å²) in [5, 5.41) is 3.34. The van der Waals surface area contributed by atoms with E-state index in [4.69, 9.17) is 0 Å². The first-order chi connectivity index (χ1) is 10.3. The second kappa shape index (κ2) is 9.75. The third-order valence-electron chi connectivity index (χ3n) is 2.86. The Morgan fingerprint density at radius 1 is 1.05 bits per heavy atom. The largest absolute Gasteiger partial charge is 0.381 e. The van der Waals surface area contributed by atoms with Crippen LogP contribution >= 0.6 is 0 Å². The lowest BCUT2D eigenvalue weighted by Gasteiger charge is -2.15. The monoisotopic (exact) mass is 286 g/mol. The summed E-state index contributed by atoms with van der Waals surface area (Å²) in [6.45, 7) is 7.86. The molecular weight excluding hydrogens is 260 g/mol. The van der Waals surface area contributed by atoms with Crippen LogP contribution in [0.15, 0.2) is 42.7 Å². The van der Waals surface area contributed by atoms with Gasteiger partial charge in [0.15, 0.2) is 0 Å². The van der Waals surface area contributed by atoms with Crippen LogP contribution in [0, 0.1) is 0 Å². The fourth-order valence-corrected chi connectivity index (χ4v) is 1.83. The highest BCUT2D eigenvalue weighted by Crippen LogP contribution is 2.09. The van der Waals surface area contributed by atoms with Gasteiger partial charge in [-0.3, -0.25) is 0 Å². The summed E-state index contributed by atoms with van der Waals surface area (Å²) >= 11 is 0. The Morgan fingerprint density at radius 2 is 1.67 bits per heavy atom. The van der Waals surface area contributed by atoms with E-state index in [1.54, 1.807) is 0 Å². The number of hydrogen-bond donors (Lipinski definition) is 1. The van der Waals surface area contributed by atoms with Crippen molar-refractivity contribution in [2.24, 2.45) is 0 Å². The van der Waals surface area contributed by atoms with Crippen molar-refractivity contribution >= 4 is 11.6 Å². The highest BCUT2D eigenvalue weighted by molar-refractivity contribution is 5.43. The molecule has 0 fully saturated rings. The Labute approximate surface area is 128 Å². The maximum Gasteiger partial charge on any atom is 0.224 e. The number of hydrogen-bond acceptors (Lipinski definition) is 4. The van der Waals surface area contributed by atoms with Crippen molar-refractivity contribution in [3.63, 3.8) is 0 Å². The fraction of sp³-hybridized carbons (Fsp3) is 0.412. The summed E-state index contributed by atoms with van der Waals surface area (Å²) in [5.74, 6) is 0.783. The molecule has 0 radical (unpaired) electrons. The molecule has 0 bridgehead atoms. The normalized spacial score (nSPS) is 9.52. The summed E-state index contributed by atoms with van der Waals surface area (Å²) in [7, 11) is 2.01. The topological polar surface area (TPSA) is 41.1 Å². The predicted octanol–water partition coefficient (Wildman–Crippen LogP) is 3.96. The van der Waals surface area contributed by atoms with Gasteiger partial charge in [-0.2, -0.15) is 0 Å². The van der Waals surface area contributed by atoms with Crippen molar-refractivity contribution in [1.29, 1.82) is 0 Å². The van der Waals surface area contributed by atoms with Crippen LogP contribution in [0.3, 0.4) is 0 Å². The number of para-hydroxylation sites is 1. The smallest absolute Gasteiger partial charge is 0.224 e. The first-order valence-corrected chi connectivity index (χ1v) is 7.60. The quantitative estimate of drug-likeness (QED) is 0.872. The van der Waals surface area contributed by atoms with Crippen molar-refractivity contribution in [1.82, 2.24) is 9.97 Å². The van der Waals surface area contributed by atoms with Crippen LogP contribution in [0.5, 0.6) is 0 Å². The summed E-state index contributed by atoms with van der Waals surface area (Å²) in [5.41, 5.74) is 2.19. The van der Waals surface area contributed by atoms with Crippen molar-refractivity contribution in [3.8, 4) is 0 Å². The van der Waals surface area contributed by atoms with Crippen LogP contribution in [0.25, 0.3) is 0 Å². The molecule has 0 saturated carbocycles. The highest BCUT2D eigenvalue weighted by atomic mass is 15.2. The summed E-state index contributed by atoms with van der Waals surface area (Å²) in [4.78, 5) is 10.8. The first-order valence-electron chi connectivity index (χ1n) is 7.60. The van der Waals surface area contributed by atoms with E-state index in [0.717, 1.165) is 36.7 Å². The molecular formula is C17H26N4. The zero-order valence-electron chi connectivity index (χ0n) is 13.5. The van der Waals surface area contributed by atoms with E-state index >= 15 is 0 Å². The van der Waals surface area contributed by atoms with Gasteiger partial charge in [0.2, 0.25) is 5.95 Å². The van der Waals surface area contributed by atoms with Crippen molar-refractivity contribution in [2.75, 3.05) is 23.8 Å². The van der Waals surface area contributed by atoms with Crippen LogP contribution in [-0.4, -0.2) is 23.6 Å². The third kappa shape index (κ3) is 5.81. The maximum absolute atomic E-state index is 4.38. The minimum absolute atomic E-state index is 0.738. The molecule has 0 amide bonds. The number of benzene rings is 1. The molecule has 2 rings (SSSR count). The van der Waals surface area contributed by atoms with Crippen LogP contribution in [-0.2, 0) is 6.54 Å². The Morgan fingerprint density at radius 3 is 2.24 bits per heavy atom. The molecule has 4 heteroatoms. The van der Waals surface area contributed by atoms with Gasteiger partial charge < -0.3 is 10.2 Å². The molecule has 2 aromatic rings. The van der Waals surface area contributed by atoms with E-state index in [1.165, 1.54) is 0 Å². The molecule has 1 aromatic heterocycles. The van der Waals surface area contributed by atoms with Crippen LogP contribution in [0.2, 0.25) is 0 Å². The van der Waals surface area contributed by atoms with Crippen molar-refractivity contribution in [3.05, 3.63) is 48.3 Å². The Hall–Kier alpha value is -2.10. The van der Waals surface area contributed by atoms with Gasteiger partial charge >= 0.3 is 0 Å². The van der Waals surface area contributed by atoms with E-state index in [9.17, 15) is 0 Å². The van der Waals surface area contributed by atoms with Crippen LogP contribution < -0.4 is 10.2 Å². The minimum atomic E-state index is 0.738. The molecule has 0 saturated heterocycles.